The highest BCUT2D eigenvalue weighted by Crippen LogP contribution is 2.29. The topological polar surface area (TPSA) is 24.9 Å². The Morgan fingerprint density at radius 2 is 2.00 bits per heavy atom. The van der Waals surface area contributed by atoms with E-state index in [-0.39, 0.29) is 6.04 Å². The zero-order chi connectivity index (χ0) is 12.2. The number of halogens is 3. The van der Waals surface area contributed by atoms with Gasteiger partial charge in [0.05, 0.1) is 11.3 Å². The van der Waals surface area contributed by atoms with Gasteiger partial charge >= 0.3 is 6.18 Å². The maximum Gasteiger partial charge on any atom is 0.417 e. The molecule has 0 aliphatic carbocycles. The first-order valence-corrected chi connectivity index (χ1v) is 5.25. The Balaban J connectivity index is 2.85. The van der Waals surface area contributed by atoms with Crippen LogP contribution in [0.15, 0.2) is 18.3 Å². The van der Waals surface area contributed by atoms with Crippen molar-refractivity contribution in [2.45, 2.75) is 32.5 Å². The molecule has 0 aromatic carbocycles. The van der Waals surface area contributed by atoms with Crippen molar-refractivity contribution >= 4 is 0 Å². The molecule has 0 saturated heterocycles. The minimum Gasteiger partial charge on any atom is -0.309 e. The Morgan fingerprint density at radius 1 is 1.31 bits per heavy atom. The van der Waals surface area contributed by atoms with Crippen molar-refractivity contribution in [1.82, 2.24) is 10.3 Å². The fourth-order valence-electron chi connectivity index (χ4n) is 1.48. The Bertz CT molecular complexity index is 319. The summed E-state index contributed by atoms with van der Waals surface area (Å²) in [6.07, 6.45) is -2.63. The lowest BCUT2D eigenvalue weighted by Gasteiger charge is -2.15. The first kappa shape index (κ1) is 13.0. The minimum absolute atomic E-state index is 0.0206. The molecule has 1 aromatic rings. The number of hydrogen-bond donors (Lipinski definition) is 1. The molecule has 2 nitrogen and oxygen atoms in total. The fraction of sp³-hybridized carbons (Fsp3) is 0.545. The van der Waals surface area contributed by atoms with Crippen LogP contribution in [0.25, 0.3) is 0 Å². The van der Waals surface area contributed by atoms with Crippen LogP contribution in [0.3, 0.4) is 0 Å². The Hall–Kier alpha value is -1.10. The highest BCUT2D eigenvalue weighted by atomic mass is 19.4. The van der Waals surface area contributed by atoms with Crippen LogP contribution in [0.4, 0.5) is 13.2 Å². The first-order valence-electron chi connectivity index (χ1n) is 5.25. The molecule has 0 bridgehead atoms. The fourth-order valence-corrected chi connectivity index (χ4v) is 1.48. The average molecular weight is 232 g/mol. The second-order valence-corrected chi connectivity index (χ2v) is 3.49. The molecule has 0 saturated carbocycles. The number of alkyl halides is 3. The van der Waals surface area contributed by atoms with E-state index in [0.29, 0.717) is 5.69 Å². The summed E-state index contributed by atoms with van der Waals surface area (Å²) in [6.45, 7) is 4.68. The molecule has 1 rings (SSSR count). The second kappa shape index (κ2) is 5.30. The van der Waals surface area contributed by atoms with E-state index in [2.05, 4.69) is 10.3 Å². The summed E-state index contributed by atoms with van der Waals surface area (Å²) in [5.74, 6) is 0. The Labute approximate surface area is 92.9 Å². The molecule has 1 N–H and O–H groups in total. The predicted octanol–water partition coefficient (Wildman–Crippen LogP) is 3.16. The van der Waals surface area contributed by atoms with E-state index in [1.807, 2.05) is 13.8 Å². The Kier molecular flexibility index (Phi) is 4.29. The summed E-state index contributed by atoms with van der Waals surface area (Å²) in [4.78, 5) is 3.85. The largest absolute Gasteiger partial charge is 0.417 e. The van der Waals surface area contributed by atoms with E-state index in [9.17, 15) is 13.2 Å². The first-order chi connectivity index (χ1) is 7.49. The average Bonchev–Trinajstić information content (AvgIpc) is 2.25. The van der Waals surface area contributed by atoms with Crippen LogP contribution in [0.1, 0.15) is 37.6 Å². The van der Waals surface area contributed by atoms with Crippen LogP contribution >= 0.6 is 0 Å². The van der Waals surface area contributed by atoms with Crippen LogP contribution in [0.2, 0.25) is 0 Å². The molecule has 0 aliphatic rings. The van der Waals surface area contributed by atoms with E-state index in [0.717, 1.165) is 25.2 Å². The highest BCUT2D eigenvalue weighted by molar-refractivity contribution is 5.18. The molecule has 1 aromatic heterocycles. The molecule has 0 aliphatic heterocycles. The van der Waals surface area contributed by atoms with Gasteiger partial charge in [-0.1, -0.05) is 13.8 Å². The molecule has 5 heteroatoms. The molecule has 0 unspecified atom stereocenters. The third kappa shape index (κ3) is 3.20. The van der Waals surface area contributed by atoms with Crippen LogP contribution in [-0.4, -0.2) is 11.5 Å². The molecule has 1 atom stereocenters. The number of pyridine rings is 1. The number of rotatable bonds is 4. The SMILES string of the molecule is CCN[C@H](CC)c1ccc(C(F)(F)F)cn1. The molecule has 0 fully saturated rings. The van der Waals surface area contributed by atoms with Gasteiger partial charge in [-0.2, -0.15) is 13.2 Å². The van der Waals surface area contributed by atoms with Gasteiger partial charge in [0.25, 0.3) is 0 Å². The molecule has 90 valence electrons. The van der Waals surface area contributed by atoms with Crippen LogP contribution < -0.4 is 5.32 Å². The third-order valence-corrected chi connectivity index (χ3v) is 2.33. The van der Waals surface area contributed by atoms with Gasteiger partial charge in [-0.25, -0.2) is 0 Å². The van der Waals surface area contributed by atoms with Crippen LogP contribution in [0, 0.1) is 0 Å². The standard InChI is InChI=1S/C11H15F3N2/c1-3-9(15-4-2)10-6-5-8(7-16-10)11(12,13)14/h5-7,9,15H,3-4H2,1-2H3/t9-/m1/s1. The molecule has 0 spiro atoms. The van der Waals surface area contributed by atoms with Crippen molar-refractivity contribution in [1.29, 1.82) is 0 Å². The molecule has 0 amide bonds. The van der Waals surface area contributed by atoms with Crippen molar-refractivity contribution in [3.8, 4) is 0 Å². The van der Waals surface area contributed by atoms with Crippen molar-refractivity contribution in [2.24, 2.45) is 0 Å². The summed E-state index contributed by atoms with van der Waals surface area (Å²) in [6, 6.07) is 2.52. The summed E-state index contributed by atoms with van der Waals surface area (Å²) in [5, 5.41) is 3.16. The van der Waals surface area contributed by atoms with Gasteiger partial charge in [0.2, 0.25) is 0 Å². The van der Waals surface area contributed by atoms with Gasteiger partial charge in [-0.15, -0.1) is 0 Å². The monoisotopic (exact) mass is 232 g/mol. The van der Waals surface area contributed by atoms with E-state index >= 15 is 0 Å². The second-order valence-electron chi connectivity index (χ2n) is 3.49. The zero-order valence-electron chi connectivity index (χ0n) is 9.30. The quantitative estimate of drug-likeness (QED) is 0.862. The lowest BCUT2D eigenvalue weighted by molar-refractivity contribution is -0.137. The van der Waals surface area contributed by atoms with Gasteiger partial charge in [-0.05, 0) is 25.1 Å². The highest BCUT2D eigenvalue weighted by Gasteiger charge is 2.30. The van der Waals surface area contributed by atoms with Crippen LogP contribution in [0.5, 0.6) is 0 Å². The van der Waals surface area contributed by atoms with E-state index in [4.69, 9.17) is 0 Å². The summed E-state index contributed by atoms with van der Waals surface area (Å²) < 4.78 is 36.9. The van der Waals surface area contributed by atoms with Crippen molar-refractivity contribution in [3.63, 3.8) is 0 Å². The maximum atomic E-state index is 12.3. The summed E-state index contributed by atoms with van der Waals surface area (Å²) in [7, 11) is 0. The normalized spacial score (nSPS) is 13.8. The molecular weight excluding hydrogens is 217 g/mol. The van der Waals surface area contributed by atoms with E-state index in [1.54, 1.807) is 0 Å². The van der Waals surface area contributed by atoms with E-state index < -0.39 is 11.7 Å². The lowest BCUT2D eigenvalue weighted by atomic mass is 10.1. The lowest BCUT2D eigenvalue weighted by Crippen LogP contribution is -2.21. The van der Waals surface area contributed by atoms with Gasteiger partial charge in [-0.3, -0.25) is 4.98 Å². The van der Waals surface area contributed by atoms with Crippen molar-refractivity contribution in [3.05, 3.63) is 29.6 Å². The number of nitrogens with zero attached hydrogens (tertiary/aromatic N) is 1. The van der Waals surface area contributed by atoms with Gasteiger partial charge in [0.1, 0.15) is 0 Å². The van der Waals surface area contributed by atoms with Gasteiger partial charge < -0.3 is 5.32 Å². The third-order valence-electron chi connectivity index (χ3n) is 2.33. The van der Waals surface area contributed by atoms with Crippen LogP contribution in [-0.2, 0) is 6.18 Å². The van der Waals surface area contributed by atoms with Crippen molar-refractivity contribution in [2.75, 3.05) is 6.54 Å². The zero-order valence-corrected chi connectivity index (χ0v) is 9.30. The van der Waals surface area contributed by atoms with Crippen molar-refractivity contribution < 1.29 is 13.2 Å². The summed E-state index contributed by atoms with van der Waals surface area (Å²) >= 11 is 0. The summed E-state index contributed by atoms with van der Waals surface area (Å²) in [5.41, 5.74) is -0.0556. The number of aromatic nitrogens is 1. The number of nitrogens with one attached hydrogen (secondary N) is 1. The molecule has 0 radical (unpaired) electrons. The molecule has 1 heterocycles. The number of hydrogen-bond acceptors (Lipinski definition) is 2. The smallest absolute Gasteiger partial charge is 0.309 e. The van der Waals surface area contributed by atoms with Gasteiger partial charge in [0, 0.05) is 12.2 Å². The predicted molar refractivity (Wildman–Crippen MR) is 55.9 cm³/mol. The minimum atomic E-state index is -4.31. The molecule has 16 heavy (non-hydrogen) atoms. The maximum absolute atomic E-state index is 12.3. The van der Waals surface area contributed by atoms with Gasteiger partial charge in [0.15, 0.2) is 0 Å². The Morgan fingerprint density at radius 3 is 2.38 bits per heavy atom. The van der Waals surface area contributed by atoms with E-state index in [1.165, 1.54) is 6.07 Å². The molecular formula is C11H15F3N2.